The first-order valence-corrected chi connectivity index (χ1v) is 9.86. The molecule has 1 amide bonds. The number of fused-ring (bicyclic) bond motifs is 1. The number of hydrogen-bond donors (Lipinski definition) is 0. The molecule has 0 unspecified atom stereocenters. The van der Waals surface area contributed by atoms with Crippen LogP contribution in [0.4, 0.5) is 0 Å². The molecule has 0 bridgehead atoms. The number of aromatic nitrogens is 2. The van der Waals surface area contributed by atoms with Crippen molar-refractivity contribution in [1.82, 2.24) is 14.7 Å². The van der Waals surface area contributed by atoms with Gasteiger partial charge in [0.1, 0.15) is 5.75 Å². The van der Waals surface area contributed by atoms with Crippen molar-refractivity contribution < 1.29 is 9.53 Å². The molecule has 3 aromatic rings. The second kappa shape index (κ2) is 8.90. The minimum absolute atomic E-state index is 0.163. The van der Waals surface area contributed by atoms with E-state index in [1.165, 1.54) is 4.68 Å². The summed E-state index contributed by atoms with van der Waals surface area (Å²) >= 11 is 0. The van der Waals surface area contributed by atoms with E-state index in [1.807, 2.05) is 57.2 Å². The predicted octanol–water partition coefficient (Wildman–Crippen LogP) is 3.72. The standard InChI is InChI=1S/C23H27N3O3/c1-5-25(15-17-10-12-18(29-4)13-11-17)23(28)21-19-8-6-7-9-20(19)22(27)26(24-21)14-16(2)3/h6-13,16H,5,14-15H2,1-4H3. The molecule has 1 heterocycles. The molecule has 0 N–H and O–H groups in total. The molecule has 1 aromatic heterocycles. The van der Waals surface area contributed by atoms with E-state index in [1.54, 1.807) is 24.1 Å². The van der Waals surface area contributed by atoms with Crippen LogP contribution in [0, 0.1) is 5.92 Å². The average Bonchev–Trinajstić information content (AvgIpc) is 2.73. The third-order valence-corrected chi connectivity index (χ3v) is 4.81. The normalized spacial score (nSPS) is 11.1. The zero-order valence-electron chi connectivity index (χ0n) is 17.4. The van der Waals surface area contributed by atoms with Crippen LogP contribution in [0.25, 0.3) is 10.8 Å². The van der Waals surface area contributed by atoms with Crippen molar-refractivity contribution in [1.29, 1.82) is 0 Å². The van der Waals surface area contributed by atoms with Gasteiger partial charge in [0.25, 0.3) is 11.5 Å². The van der Waals surface area contributed by atoms with Crippen LogP contribution < -0.4 is 10.3 Å². The Morgan fingerprint density at radius 1 is 1.10 bits per heavy atom. The molecule has 0 saturated carbocycles. The first-order valence-electron chi connectivity index (χ1n) is 9.86. The molecule has 0 spiro atoms. The van der Waals surface area contributed by atoms with E-state index >= 15 is 0 Å². The van der Waals surface area contributed by atoms with Crippen LogP contribution in [0.5, 0.6) is 5.75 Å². The third-order valence-electron chi connectivity index (χ3n) is 4.81. The van der Waals surface area contributed by atoms with E-state index in [4.69, 9.17) is 4.74 Å². The van der Waals surface area contributed by atoms with Crippen molar-refractivity contribution in [2.45, 2.75) is 33.9 Å². The Morgan fingerprint density at radius 2 is 1.76 bits per heavy atom. The Hall–Kier alpha value is -3.15. The molecule has 0 aliphatic carbocycles. The zero-order valence-corrected chi connectivity index (χ0v) is 17.4. The highest BCUT2D eigenvalue weighted by Gasteiger charge is 2.21. The Balaban J connectivity index is 2.01. The second-order valence-corrected chi connectivity index (χ2v) is 7.44. The van der Waals surface area contributed by atoms with Gasteiger partial charge in [-0.1, -0.05) is 44.2 Å². The number of carbonyl (C=O) groups excluding carboxylic acids is 1. The Bertz CT molecular complexity index is 1060. The summed E-state index contributed by atoms with van der Waals surface area (Å²) in [4.78, 5) is 27.9. The van der Waals surface area contributed by atoms with Gasteiger partial charge >= 0.3 is 0 Å². The molecule has 0 atom stereocenters. The quantitative estimate of drug-likeness (QED) is 0.614. The maximum absolute atomic E-state index is 13.4. The molecule has 29 heavy (non-hydrogen) atoms. The van der Waals surface area contributed by atoms with E-state index in [2.05, 4.69) is 5.10 Å². The second-order valence-electron chi connectivity index (χ2n) is 7.44. The number of methoxy groups -OCH3 is 1. The van der Waals surface area contributed by atoms with Crippen LogP contribution in [0.3, 0.4) is 0 Å². The lowest BCUT2D eigenvalue weighted by atomic mass is 10.1. The SMILES string of the molecule is CCN(Cc1ccc(OC)cc1)C(=O)c1nn(CC(C)C)c(=O)c2ccccc12. The lowest BCUT2D eigenvalue weighted by molar-refractivity contribution is 0.0746. The highest BCUT2D eigenvalue weighted by molar-refractivity contribution is 6.04. The fourth-order valence-corrected chi connectivity index (χ4v) is 3.29. The van der Waals surface area contributed by atoms with E-state index in [0.29, 0.717) is 36.1 Å². The molecule has 0 fully saturated rings. The van der Waals surface area contributed by atoms with E-state index < -0.39 is 0 Å². The lowest BCUT2D eigenvalue weighted by Gasteiger charge is -2.22. The van der Waals surface area contributed by atoms with Gasteiger partial charge in [-0.3, -0.25) is 9.59 Å². The topological polar surface area (TPSA) is 64.4 Å². The molecule has 6 nitrogen and oxygen atoms in total. The van der Waals surface area contributed by atoms with Crippen molar-refractivity contribution in [3.05, 3.63) is 70.1 Å². The largest absolute Gasteiger partial charge is 0.497 e. The number of rotatable bonds is 7. The third kappa shape index (κ3) is 4.47. The van der Waals surface area contributed by atoms with Gasteiger partial charge in [-0.2, -0.15) is 5.10 Å². The summed E-state index contributed by atoms with van der Waals surface area (Å²) in [5.74, 6) is 0.833. The van der Waals surface area contributed by atoms with Crippen LogP contribution in [0.1, 0.15) is 36.8 Å². The number of ether oxygens (including phenoxy) is 1. The Labute approximate surface area is 170 Å². The van der Waals surface area contributed by atoms with Crippen molar-refractivity contribution in [3.8, 4) is 5.75 Å². The van der Waals surface area contributed by atoms with Crippen molar-refractivity contribution in [2.24, 2.45) is 5.92 Å². The smallest absolute Gasteiger partial charge is 0.275 e. The fourth-order valence-electron chi connectivity index (χ4n) is 3.29. The molecule has 0 aliphatic heterocycles. The first-order chi connectivity index (χ1) is 13.9. The monoisotopic (exact) mass is 393 g/mol. The maximum Gasteiger partial charge on any atom is 0.275 e. The molecule has 0 aliphatic rings. The minimum atomic E-state index is -0.183. The van der Waals surface area contributed by atoms with Crippen molar-refractivity contribution >= 4 is 16.7 Å². The maximum atomic E-state index is 13.4. The molecule has 6 heteroatoms. The highest BCUT2D eigenvalue weighted by Crippen LogP contribution is 2.18. The van der Waals surface area contributed by atoms with Crippen molar-refractivity contribution in [2.75, 3.05) is 13.7 Å². The van der Waals surface area contributed by atoms with Crippen LogP contribution in [-0.4, -0.2) is 34.2 Å². The zero-order chi connectivity index (χ0) is 21.0. The van der Waals surface area contributed by atoms with Crippen LogP contribution >= 0.6 is 0 Å². The van der Waals surface area contributed by atoms with E-state index in [0.717, 1.165) is 11.3 Å². The summed E-state index contributed by atoms with van der Waals surface area (Å²) in [7, 11) is 1.62. The average molecular weight is 393 g/mol. The van der Waals surface area contributed by atoms with E-state index in [9.17, 15) is 9.59 Å². The van der Waals surface area contributed by atoms with Gasteiger partial charge in [-0.05, 0) is 36.6 Å². The number of nitrogens with zero attached hydrogens (tertiary/aromatic N) is 3. The summed E-state index contributed by atoms with van der Waals surface area (Å²) in [6, 6.07) is 14.8. The molecule has 0 saturated heterocycles. The van der Waals surface area contributed by atoms with Gasteiger partial charge < -0.3 is 9.64 Å². The summed E-state index contributed by atoms with van der Waals surface area (Å²) in [6.07, 6.45) is 0. The van der Waals surface area contributed by atoms with Gasteiger partial charge in [0.05, 0.1) is 12.5 Å². The summed E-state index contributed by atoms with van der Waals surface area (Å²) in [6.45, 7) is 7.44. The van der Waals surface area contributed by atoms with Crippen LogP contribution in [-0.2, 0) is 13.1 Å². The number of hydrogen-bond acceptors (Lipinski definition) is 4. The molecular formula is C23H27N3O3. The molecule has 0 radical (unpaired) electrons. The number of carbonyl (C=O) groups is 1. The summed E-state index contributed by atoms with van der Waals surface area (Å²) in [5.41, 5.74) is 1.15. The predicted molar refractivity (Wildman–Crippen MR) is 114 cm³/mol. The Morgan fingerprint density at radius 3 is 2.34 bits per heavy atom. The summed E-state index contributed by atoms with van der Waals surface area (Å²) < 4.78 is 6.62. The van der Waals surface area contributed by atoms with E-state index in [-0.39, 0.29) is 17.4 Å². The molecule has 3 rings (SSSR count). The Kier molecular flexibility index (Phi) is 6.32. The first kappa shape index (κ1) is 20.6. The number of benzene rings is 2. The van der Waals surface area contributed by atoms with Gasteiger partial charge in [0, 0.05) is 25.0 Å². The number of amides is 1. The van der Waals surface area contributed by atoms with Crippen molar-refractivity contribution in [3.63, 3.8) is 0 Å². The summed E-state index contributed by atoms with van der Waals surface area (Å²) in [5, 5.41) is 5.58. The van der Waals surface area contributed by atoms with Gasteiger partial charge in [0.15, 0.2) is 5.69 Å². The van der Waals surface area contributed by atoms with Gasteiger partial charge in [0.2, 0.25) is 0 Å². The van der Waals surface area contributed by atoms with Crippen LogP contribution in [0.15, 0.2) is 53.3 Å². The lowest BCUT2D eigenvalue weighted by Crippen LogP contribution is -2.34. The van der Waals surface area contributed by atoms with Gasteiger partial charge in [-0.15, -0.1) is 0 Å². The molecule has 152 valence electrons. The van der Waals surface area contributed by atoms with Crippen LogP contribution in [0.2, 0.25) is 0 Å². The molecule has 2 aromatic carbocycles. The fraction of sp³-hybridized carbons (Fsp3) is 0.348. The molecular weight excluding hydrogens is 366 g/mol. The minimum Gasteiger partial charge on any atom is -0.497 e. The highest BCUT2D eigenvalue weighted by atomic mass is 16.5. The van der Waals surface area contributed by atoms with Gasteiger partial charge in [-0.25, -0.2) is 4.68 Å².